The molecule has 13 nitrogen and oxygen atoms in total. The molecule has 3 amide bonds. The first-order chi connectivity index (χ1) is 28.4. The van der Waals surface area contributed by atoms with Crippen LogP contribution < -0.4 is 10.6 Å². The van der Waals surface area contributed by atoms with Crippen LogP contribution in [-0.4, -0.2) is 80.6 Å². The summed E-state index contributed by atoms with van der Waals surface area (Å²) in [7, 11) is 1.31. The number of imidazole rings is 2. The summed E-state index contributed by atoms with van der Waals surface area (Å²) in [5, 5.41) is 6.00. The van der Waals surface area contributed by atoms with E-state index in [1.165, 1.54) is 7.11 Å². The maximum atomic E-state index is 14.0. The normalized spacial score (nSPS) is 23.5. The number of rotatable bonds is 11. The highest BCUT2D eigenvalue weighted by Crippen LogP contribution is 2.56. The Balaban J connectivity index is 0.849. The molecule has 3 aromatic heterocycles. The van der Waals surface area contributed by atoms with Gasteiger partial charge in [0.2, 0.25) is 11.8 Å². The number of carbonyl (C=O) groups excluding carboxylic acids is 3. The van der Waals surface area contributed by atoms with Crippen LogP contribution in [-0.2, 0) is 25.6 Å². The maximum absolute atomic E-state index is 14.0. The van der Waals surface area contributed by atoms with Crippen molar-refractivity contribution in [2.45, 2.75) is 69.5 Å². The molecule has 6 atom stereocenters. The predicted octanol–water partition coefficient (Wildman–Crippen LogP) is 6.79. The molecule has 2 bridgehead atoms. The van der Waals surface area contributed by atoms with E-state index in [1.54, 1.807) is 12.4 Å². The first-order valence-electron chi connectivity index (χ1n) is 20.6. The van der Waals surface area contributed by atoms with Crippen molar-refractivity contribution < 1.29 is 23.9 Å². The molecule has 3 unspecified atom stereocenters. The third-order valence-electron chi connectivity index (χ3n) is 13.0. The van der Waals surface area contributed by atoms with Crippen molar-refractivity contribution >= 4 is 17.9 Å². The average Bonchev–Trinajstić information content (AvgIpc) is 4.14. The Morgan fingerprint density at radius 2 is 1.48 bits per heavy atom. The van der Waals surface area contributed by atoms with Crippen molar-refractivity contribution in [3.05, 3.63) is 103 Å². The molecule has 5 aromatic rings. The van der Waals surface area contributed by atoms with E-state index in [9.17, 15) is 14.4 Å². The quantitative estimate of drug-likeness (QED) is 0.114. The third kappa shape index (κ3) is 7.62. The summed E-state index contributed by atoms with van der Waals surface area (Å²) in [4.78, 5) is 62.4. The molecule has 4 fully saturated rings. The zero-order valence-corrected chi connectivity index (χ0v) is 32.7. The van der Waals surface area contributed by atoms with E-state index >= 15 is 0 Å². The first-order valence-corrected chi connectivity index (χ1v) is 20.6. The number of alkyl carbamates (subject to hydrolysis) is 1. The molecule has 5 heterocycles. The summed E-state index contributed by atoms with van der Waals surface area (Å²) in [6.45, 7) is 2.22. The molecule has 2 aliphatic heterocycles. The van der Waals surface area contributed by atoms with Crippen LogP contribution in [0.3, 0.4) is 0 Å². The lowest BCUT2D eigenvalue weighted by Gasteiger charge is -2.34. The number of benzene rings is 2. The summed E-state index contributed by atoms with van der Waals surface area (Å²) in [6.07, 6.45) is 13.0. The Kier molecular flexibility index (Phi) is 10.8. The monoisotopic (exact) mass is 782 g/mol. The number of pyridine rings is 1. The van der Waals surface area contributed by atoms with E-state index < -0.39 is 12.1 Å². The summed E-state index contributed by atoms with van der Waals surface area (Å²) in [5.74, 6) is 2.52. The van der Waals surface area contributed by atoms with Gasteiger partial charge < -0.3 is 35.0 Å². The number of likely N-dealkylation sites (tertiary alicyclic amines) is 1. The number of hydrogen-bond acceptors (Lipinski definition) is 8. The number of fused-ring (bicyclic) bond motifs is 2. The Hall–Kier alpha value is -5.82. The minimum Gasteiger partial charge on any atom is -0.453 e. The van der Waals surface area contributed by atoms with Crippen LogP contribution in [0, 0.1) is 23.7 Å². The number of aromatic amines is 2. The number of methoxy groups -OCH3 is 1. The van der Waals surface area contributed by atoms with Crippen LogP contribution in [0.1, 0.15) is 74.1 Å². The molecule has 2 saturated heterocycles. The lowest BCUT2D eigenvalue weighted by atomic mass is 9.78. The number of amides is 3. The second-order valence-electron chi connectivity index (χ2n) is 16.2. The number of H-pyrrole nitrogens is 2. The fourth-order valence-corrected chi connectivity index (χ4v) is 9.97. The molecule has 4 aliphatic rings. The van der Waals surface area contributed by atoms with Gasteiger partial charge in [-0.2, -0.15) is 0 Å². The highest BCUT2D eigenvalue weighted by atomic mass is 16.5. The molecule has 2 saturated carbocycles. The molecule has 13 heteroatoms. The Morgan fingerprint density at radius 1 is 0.828 bits per heavy atom. The molecule has 300 valence electrons. The number of hydrogen-bond donors (Lipinski definition) is 4. The van der Waals surface area contributed by atoms with Crippen LogP contribution >= 0.6 is 0 Å². The van der Waals surface area contributed by atoms with Gasteiger partial charge in [0.25, 0.3) is 0 Å². The van der Waals surface area contributed by atoms with Crippen LogP contribution in [0.5, 0.6) is 0 Å². The van der Waals surface area contributed by atoms with E-state index in [2.05, 4.69) is 74.1 Å². The van der Waals surface area contributed by atoms with Crippen molar-refractivity contribution in [1.82, 2.24) is 40.5 Å². The van der Waals surface area contributed by atoms with Crippen molar-refractivity contribution in [2.75, 3.05) is 26.9 Å². The average molecular weight is 783 g/mol. The lowest BCUT2D eigenvalue weighted by Crippen LogP contribution is -2.53. The van der Waals surface area contributed by atoms with Crippen molar-refractivity contribution in [1.29, 1.82) is 0 Å². The maximum Gasteiger partial charge on any atom is 0.407 e. The molecular weight excluding hydrogens is 733 g/mol. The number of carbonyl (C=O) groups is 3. The molecule has 2 aliphatic carbocycles. The summed E-state index contributed by atoms with van der Waals surface area (Å²) >= 11 is 0. The number of aromatic nitrogens is 5. The molecule has 0 spiro atoms. The van der Waals surface area contributed by atoms with Gasteiger partial charge in [-0.1, -0.05) is 54.6 Å². The van der Waals surface area contributed by atoms with Gasteiger partial charge in [0.05, 0.1) is 42.9 Å². The predicted molar refractivity (Wildman–Crippen MR) is 217 cm³/mol. The van der Waals surface area contributed by atoms with Gasteiger partial charge in [-0.15, -0.1) is 0 Å². The minimum absolute atomic E-state index is 0.0169. The van der Waals surface area contributed by atoms with E-state index in [0.717, 1.165) is 83.0 Å². The van der Waals surface area contributed by atoms with Crippen LogP contribution in [0.25, 0.3) is 33.6 Å². The highest BCUT2D eigenvalue weighted by Gasteiger charge is 2.52. The van der Waals surface area contributed by atoms with E-state index in [1.807, 2.05) is 29.4 Å². The van der Waals surface area contributed by atoms with Gasteiger partial charge in [0, 0.05) is 44.6 Å². The Morgan fingerprint density at radius 3 is 2.16 bits per heavy atom. The van der Waals surface area contributed by atoms with Crippen molar-refractivity contribution in [3.63, 3.8) is 0 Å². The van der Waals surface area contributed by atoms with Gasteiger partial charge in [-0.05, 0) is 96.6 Å². The van der Waals surface area contributed by atoms with Crippen LogP contribution in [0.2, 0.25) is 0 Å². The smallest absolute Gasteiger partial charge is 0.407 e. The fraction of sp³-hybridized carbons (Fsp3) is 0.422. The largest absolute Gasteiger partial charge is 0.453 e. The number of nitrogens with one attached hydrogen (secondary N) is 4. The summed E-state index contributed by atoms with van der Waals surface area (Å²) < 4.78 is 10.4. The summed E-state index contributed by atoms with van der Waals surface area (Å²) in [5.41, 5.74) is 7.05. The van der Waals surface area contributed by atoms with Crippen LogP contribution in [0.4, 0.5) is 4.79 Å². The second-order valence-corrected chi connectivity index (χ2v) is 16.2. The van der Waals surface area contributed by atoms with E-state index in [-0.39, 0.29) is 35.6 Å². The van der Waals surface area contributed by atoms with Gasteiger partial charge >= 0.3 is 6.09 Å². The van der Waals surface area contributed by atoms with Crippen molar-refractivity contribution in [2.24, 2.45) is 23.7 Å². The molecule has 0 radical (unpaired) electrons. The molecule has 58 heavy (non-hydrogen) atoms. The topological polar surface area (TPSA) is 167 Å². The van der Waals surface area contributed by atoms with Gasteiger partial charge in [-0.3, -0.25) is 14.6 Å². The highest BCUT2D eigenvalue weighted by molar-refractivity contribution is 5.86. The molecular formula is C45H50N8O5. The van der Waals surface area contributed by atoms with Crippen molar-refractivity contribution in [3.8, 4) is 33.6 Å². The first kappa shape index (κ1) is 37.7. The standard InChI is InChI=1S/C45H50N8O5/c1-57-45(56)52-40(32-16-20-58-21-17-32)44(55)53-19-3-5-37(53)41-47-25-35(50-41)30-10-6-28(7-11-30)29-8-12-31(13-9-29)36-26-48-42(51-36)38-33-14-15-34(22-33)39(38)43(54)49-24-27-4-2-18-46-23-27/h2,4,6-13,18,23,25-26,32-34,37-40H,3,5,14-17,19-22,24H2,1H3,(H,47,50)(H,48,51)(H,49,54)(H,52,56)/t33?,34?,37-,38-,39-,40?/m0/s1. The number of nitrogens with zero attached hydrogens (tertiary/aromatic N) is 4. The van der Waals surface area contributed by atoms with Gasteiger partial charge in [-0.25, -0.2) is 14.8 Å². The zero-order chi connectivity index (χ0) is 39.6. The SMILES string of the molecule is COC(=O)NC(C(=O)N1CCC[C@H]1c1ncc(-c2ccc(-c3ccc(-c4cnc([C@H]5C6CCC(C6)[C@@H]5C(=O)NCc5cccnc5)[nH]4)cc3)cc2)[nH]1)C1CCOCC1. The molecule has 2 aromatic carbocycles. The summed E-state index contributed by atoms with van der Waals surface area (Å²) in [6, 6.07) is 19.9. The zero-order valence-electron chi connectivity index (χ0n) is 32.7. The lowest BCUT2D eigenvalue weighted by molar-refractivity contribution is -0.136. The van der Waals surface area contributed by atoms with Gasteiger partial charge in [0.15, 0.2) is 0 Å². The minimum atomic E-state index is -0.673. The molecule has 4 N–H and O–H groups in total. The van der Waals surface area contributed by atoms with Gasteiger partial charge in [0.1, 0.15) is 17.7 Å². The van der Waals surface area contributed by atoms with E-state index in [0.29, 0.717) is 51.0 Å². The Labute approximate surface area is 337 Å². The Bertz CT molecular complexity index is 2210. The third-order valence-corrected chi connectivity index (χ3v) is 13.0. The fourth-order valence-electron chi connectivity index (χ4n) is 9.97. The number of ether oxygens (including phenoxy) is 2. The van der Waals surface area contributed by atoms with Crippen LogP contribution in [0.15, 0.2) is 85.5 Å². The molecule has 9 rings (SSSR count). The second kappa shape index (κ2) is 16.6. The van der Waals surface area contributed by atoms with E-state index in [4.69, 9.17) is 19.4 Å².